The minimum atomic E-state index is -0.594. The van der Waals surface area contributed by atoms with E-state index in [1.54, 1.807) is 28.4 Å². The molecule has 0 bridgehead atoms. The molecule has 4 rings (SSSR count). The van der Waals surface area contributed by atoms with Crippen LogP contribution in [-0.2, 0) is 20.7 Å². The maximum atomic E-state index is 13.6. The van der Waals surface area contributed by atoms with Crippen molar-refractivity contribution in [3.05, 3.63) is 52.5 Å². The lowest BCUT2D eigenvalue weighted by molar-refractivity contribution is -0.153. The first-order valence-corrected chi connectivity index (χ1v) is 9.98. The number of carbonyl (C=O) groups is 2. The minimum Gasteiger partial charge on any atom is -0.361 e. The van der Waals surface area contributed by atoms with E-state index in [1.807, 2.05) is 21.7 Å². The third-order valence-electron chi connectivity index (χ3n) is 5.20. The lowest BCUT2D eigenvalue weighted by Crippen LogP contribution is -2.62. The van der Waals surface area contributed by atoms with E-state index in [0.717, 1.165) is 18.4 Å². The maximum Gasteiger partial charge on any atom is 0.253 e. The van der Waals surface area contributed by atoms with Crippen molar-refractivity contribution < 1.29 is 18.7 Å². The van der Waals surface area contributed by atoms with E-state index in [4.69, 9.17) is 4.74 Å². The molecule has 0 N–H and O–H groups in total. The number of thiophene rings is 1. The van der Waals surface area contributed by atoms with Gasteiger partial charge in [-0.3, -0.25) is 9.59 Å². The normalized spacial score (nSPS) is 23.1. The Morgan fingerprint density at radius 1 is 1.30 bits per heavy atom. The van der Waals surface area contributed by atoms with Crippen molar-refractivity contribution in [1.82, 2.24) is 4.90 Å². The number of halogens is 1. The molecule has 2 fully saturated rings. The highest BCUT2D eigenvalue weighted by Gasteiger charge is 2.44. The quantitative estimate of drug-likeness (QED) is 0.813. The second kappa shape index (κ2) is 7.40. The first-order valence-electron chi connectivity index (χ1n) is 9.03. The first kappa shape index (κ1) is 18.1. The number of anilines is 1. The van der Waals surface area contributed by atoms with E-state index >= 15 is 0 Å². The maximum absolute atomic E-state index is 13.6. The van der Waals surface area contributed by atoms with Crippen LogP contribution in [0.1, 0.15) is 18.4 Å². The summed E-state index contributed by atoms with van der Waals surface area (Å²) < 4.78 is 19.5. The number of amides is 2. The number of carbonyl (C=O) groups excluding carboxylic acids is 2. The van der Waals surface area contributed by atoms with Crippen LogP contribution >= 0.6 is 11.3 Å². The van der Waals surface area contributed by atoms with E-state index in [0.29, 0.717) is 31.7 Å². The predicted molar refractivity (Wildman–Crippen MR) is 101 cm³/mol. The molecule has 27 heavy (non-hydrogen) atoms. The number of ether oxygens (including phenoxy) is 1. The van der Waals surface area contributed by atoms with Gasteiger partial charge in [0.1, 0.15) is 18.0 Å². The van der Waals surface area contributed by atoms with Crippen LogP contribution in [0, 0.1) is 5.82 Å². The average molecular weight is 388 g/mol. The zero-order valence-corrected chi connectivity index (χ0v) is 15.7. The van der Waals surface area contributed by atoms with Gasteiger partial charge in [0.2, 0.25) is 5.91 Å². The second-order valence-electron chi connectivity index (χ2n) is 7.16. The van der Waals surface area contributed by atoms with Gasteiger partial charge >= 0.3 is 0 Å². The molecule has 1 spiro atoms. The van der Waals surface area contributed by atoms with Gasteiger partial charge in [-0.25, -0.2) is 4.39 Å². The Morgan fingerprint density at radius 2 is 2.19 bits per heavy atom. The Labute approximate surface area is 161 Å². The Bertz CT molecular complexity index is 842. The number of hydrogen-bond donors (Lipinski definition) is 0. The zero-order valence-electron chi connectivity index (χ0n) is 14.9. The summed E-state index contributed by atoms with van der Waals surface area (Å²) in [4.78, 5) is 28.5. The molecule has 0 radical (unpaired) electrons. The van der Waals surface area contributed by atoms with E-state index < -0.39 is 5.60 Å². The molecular formula is C20H21FN2O3S. The smallest absolute Gasteiger partial charge is 0.253 e. The summed E-state index contributed by atoms with van der Waals surface area (Å²) in [5, 5.41) is 3.95. The lowest BCUT2D eigenvalue weighted by Gasteiger charge is -2.47. The van der Waals surface area contributed by atoms with E-state index in [2.05, 4.69) is 0 Å². The summed E-state index contributed by atoms with van der Waals surface area (Å²) in [6.45, 7) is 1.43. The van der Waals surface area contributed by atoms with Crippen molar-refractivity contribution in [2.75, 3.05) is 31.1 Å². The van der Waals surface area contributed by atoms with Gasteiger partial charge in [0.05, 0.1) is 19.5 Å². The fraction of sp³-hybridized carbons (Fsp3) is 0.400. The molecular weight excluding hydrogens is 367 g/mol. The number of nitrogens with zero attached hydrogens (tertiary/aromatic N) is 2. The van der Waals surface area contributed by atoms with Crippen LogP contribution in [0.3, 0.4) is 0 Å². The average Bonchev–Trinajstić information content (AvgIpc) is 3.17. The van der Waals surface area contributed by atoms with Crippen molar-refractivity contribution >= 4 is 28.8 Å². The molecule has 0 aliphatic carbocycles. The number of likely N-dealkylation sites (tertiary alicyclic amines) is 1. The van der Waals surface area contributed by atoms with Crippen molar-refractivity contribution in [2.45, 2.75) is 24.9 Å². The third kappa shape index (κ3) is 3.89. The van der Waals surface area contributed by atoms with Gasteiger partial charge in [0.25, 0.3) is 5.91 Å². The van der Waals surface area contributed by atoms with Gasteiger partial charge < -0.3 is 14.5 Å². The van der Waals surface area contributed by atoms with Crippen LogP contribution in [0.4, 0.5) is 10.1 Å². The molecule has 2 saturated heterocycles. The molecule has 0 saturated carbocycles. The number of hydrogen-bond acceptors (Lipinski definition) is 4. The number of piperidine rings is 1. The van der Waals surface area contributed by atoms with Crippen LogP contribution in [0.25, 0.3) is 0 Å². The van der Waals surface area contributed by atoms with Crippen LogP contribution in [-0.4, -0.2) is 48.6 Å². The summed E-state index contributed by atoms with van der Waals surface area (Å²) in [7, 11) is 0. The molecule has 2 aromatic rings. The van der Waals surface area contributed by atoms with E-state index in [1.165, 1.54) is 12.1 Å². The molecule has 2 aliphatic rings. The van der Waals surface area contributed by atoms with Crippen LogP contribution in [0.15, 0.2) is 41.1 Å². The largest absolute Gasteiger partial charge is 0.361 e. The molecule has 1 aromatic heterocycles. The highest BCUT2D eigenvalue weighted by atomic mass is 32.1. The monoisotopic (exact) mass is 388 g/mol. The summed E-state index contributed by atoms with van der Waals surface area (Å²) >= 11 is 1.58. The fourth-order valence-corrected chi connectivity index (χ4v) is 4.50. The molecule has 7 heteroatoms. The Balaban J connectivity index is 1.50. The number of morpholine rings is 1. The summed E-state index contributed by atoms with van der Waals surface area (Å²) in [6, 6.07) is 8.00. The van der Waals surface area contributed by atoms with Crippen molar-refractivity contribution in [3.63, 3.8) is 0 Å². The third-order valence-corrected chi connectivity index (χ3v) is 5.93. The van der Waals surface area contributed by atoms with Crippen LogP contribution in [0.5, 0.6) is 0 Å². The Morgan fingerprint density at radius 3 is 2.96 bits per heavy atom. The highest BCUT2D eigenvalue weighted by Crippen LogP contribution is 2.32. The zero-order chi connectivity index (χ0) is 18.9. The van der Waals surface area contributed by atoms with Crippen LogP contribution in [0.2, 0.25) is 0 Å². The van der Waals surface area contributed by atoms with Gasteiger partial charge in [-0.1, -0.05) is 6.07 Å². The van der Waals surface area contributed by atoms with Gasteiger partial charge in [-0.2, -0.15) is 11.3 Å². The summed E-state index contributed by atoms with van der Waals surface area (Å²) in [6.07, 6.45) is 1.97. The van der Waals surface area contributed by atoms with Crippen molar-refractivity contribution in [1.29, 1.82) is 0 Å². The van der Waals surface area contributed by atoms with Crippen LogP contribution < -0.4 is 4.90 Å². The second-order valence-corrected chi connectivity index (χ2v) is 7.94. The molecule has 5 nitrogen and oxygen atoms in total. The fourth-order valence-electron chi connectivity index (χ4n) is 3.83. The van der Waals surface area contributed by atoms with Crippen molar-refractivity contribution in [2.24, 2.45) is 0 Å². The Kier molecular flexibility index (Phi) is 4.97. The molecule has 2 aliphatic heterocycles. The number of rotatable bonds is 3. The topological polar surface area (TPSA) is 49.9 Å². The molecule has 1 unspecified atom stereocenters. The molecule has 1 aromatic carbocycles. The molecule has 2 amide bonds. The van der Waals surface area contributed by atoms with Gasteiger partial charge in [0, 0.05) is 12.2 Å². The number of benzene rings is 1. The first-order chi connectivity index (χ1) is 13.0. The summed E-state index contributed by atoms with van der Waals surface area (Å²) in [5.74, 6) is -0.490. The van der Waals surface area contributed by atoms with Gasteiger partial charge in [-0.05, 0) is 53.4 Å². The Hall–Kier alpha value is -2.25. The molecule has 142 valence electrons. The SMILES string of the molecule is O=C(Cc1ccsc1)N1CCCC2(C1)CN(c1cccc(F)c1)C(=O)CO2. The predicted octanol–water partition coefficient (Wildman–Crippen LogP) is 2.85. The lowest BCUT2D eigenvalue weighted by atomic mass is 9.90. The van der Waals surface area contributed by atoms with Crippen molar-refractivity contribution in [3.8, 4) is 0 Å². The highest BCUT2D eigenvalue weighted by molar-refractivity contribution is 7.08. The molecule has 1 atom stereocenters. The van der Waals surface area contributed by atoms with E-state index in [9.17, 15) is 14.0 Å². The minimum absolute atomic E-state index is 0.0525. The standard InChI is InChI=1S/C20H21FN2O3S/c21-16-3-1-4-17(10-16)23-14-20(26-11-19(23)25)6-2-7-22(13-20)18(24)9-15-5-8-27-12-15/h1,3-5,8,10,12H,2,6-7,9,11,13-14H2. The molecule has 3 heterocycles. The van der Waals surface area contributed by atoms with Gasteiger partial charge in [-0.15, -0.1) is 0 Å². The summed E-state index contributed by atoms with van der Waals surface area (Å²) in [5.41, 5.74) is 0.957. The van der Waals surface area contributed by atoms with E-state index in [-0.39, 0.29) is 24.2 Å². The van der Waals surface area contributed by atoms with Gasteiger partial charge in [0.15, 0.2) is 0 Å².